The van der Waals surface area contributed by atoms with E-state index >= 15 is 0 Å². The van der Waals surface area contributed by atoms with Gasteiger partial charge in [0.2, 0.25) is 10.0 Å². The summed E-state index contributed by atoms with van der Waals surface area (Å²) in [5.41, 5.74) is 2.66. The standard InChI is InChI=1S/C20H21ClN2O4S/c1-12-8-19-17(10-18(12)21)15(9-20(24)27-19)11-23(3)13(2)14-4-6-16(7-5-14)28(22,25)26/h4-10,13H,11H2,1-3H3,(H2,22,25,26). The van der Waals surface area contributed by atoms with Crippen LogP contribution in [0.5, 0.6) is 0 Å². The van der Waals surface area contributed by atoms with E-state index in [2.05, 4.69) is 0 Å². The molecule has 148 valence electrons. The van der Waals surface area contributed by atoms with Crippen molar-refractivity contribution in [1.82, 2.24) is 4.90 Å². The van der Waals surface area contributed by atoms with Crippen molar-refractivity contribution in [3.63, 3.8) is 0 Å². The quantitative estimate of drug-likeness (QED) is 0.636. The maximum atomic E-state index is 12.0. The Morgan fingerprint density at radius 1 is 1.18 bits per heavy atom. The average Bonchev–Trinajstić information content (AvgIpc) is 2.62. The molecule has 2 N–H and O–H groups in total. The molecule has 1 heterocycles. The van der Waals surface area contributed by atoms with Gasteiger partial charge in [0, 0.05) is 29.1 Å². The number of hydrogen-bond donors (Lipinski definition) is 1. The molecule has 0 amide bonds. The smallest absolute Gasteiger partial charge is 0.336 e. The molecular formula is C20H21ClN2O4S. The number of sulfonamides is 1. The second-order valence-electron chi connectivity index (χ2n) is 6.89. The zero-order valence-electron chi connectivity index (χ0n) is 15.8. The molecule has 0 saturated heterocycles. The van der Waals surface area contributed by atoms with Crippen molar-refractivity contribution in [2.75, 3.05) is 7.05 Å². The van der Waals surface area contributed by atoms with Crippen LogP contribution in [-0.2, 0) is 16.6 Å². The number of hydrogen-bond acceptors (Lipinski definition) is 5. The molecule has 2 aromatic carbocycles. The van der Waals surface area contributed by atoms with Gasteiger partial charge in [0.25, 0.3) is 0 Å². The lowest BCUT2D eigenvalue weighted by Crippen LogP contribution is -2.23. The van der Waals surface area contributed by atoms with E-state index in [9.17, 15) is 13.2 Å². The first-order valence-corrected chi connectivity index (χ1v) is 10.5. The van der Waals surface area contributed by atoms with Crippen LogP contribution in [0.25, 0.3) is 11.0 Å². The fourth-order valence-corrected chi connectivity index (χ4v) is 3.75. The summed E-state index contributed by atoms with van der Waals surface area (Å²) in [6.07, 6.45) is 0. The molecule has 3 aromatic rings. The number of aryl methyl sites for hydroxylation is 1. The minimum Gasteiger partial charge on any atom is -0.423 e. The van der Waals surface area contributed by atoms with Gasteiger partial charge in [-0.05, 0) is 61.9 Å². The number of primary sulfonamides is 1. The number of fused-ring (bicyclic) bond motifs is 1. The zero-order valence-corrected chi connectivity index (χ0v) is 17.3. The molecule has 6 nitrogen and oxygen atoms in total. The van der Waals surface area contributed by atoms with Crippen LogP contribution in [0.2, 0.25) is 5.02 Å². The summed E-state index contributed by atoms with van der Waals surface area (Å²) in [7, 11) is -1.80. The lowest BCUT2D eigenvalue weighted by atomic mass is 10.0. The predicted molar refractivity (Wildman–Crippen MR) is 110 cm³/mol. The van der Waals surface area contributed by atoms with E-state index in [1.807, 2.05) is 31.9 Å². The van der Waals surface area contributed by atoms with Crippen molar-refractivity contribution in [3.8, 4) is 0 Å². The van der Waals surface area contributed by atoms with Gasteiger partial charge in [-0.2, -0.15) is 0 Å². The summed E-state index contributed by atoms with van der Waals surface area (Å²) in [4.78, 5) is 14.1. The van der Waals surface area contributed by atoms with E-state index in [1.54, 1.807) is 18.2 Å². The molecule has 1 atom stereocenters. The van der Waals surface area contributed by atoms with Gasteiger partial charge in [0.15, 0.2) is 0 Å². The zero-order chi connectivity index (χ0) is 20.6. The Morgan fingerprint density at radius 2 is 1.82 bits per heavy atom. The molecule has 3 rings (SSSR count). The highest BCUT2D eigenvalue weighted by Gasteiger charge is 2.16. The first kappa shape index (κ1) is 20.5. The van der Waals surface area contributed by atoms with Crippen LogP contribution in [-0.4, -0.2) is 20.4 Å². The highest BCUT2D eigenvalue weighted by Crippen LogP contribution is 2.28. The van der Waals surface area contributed by atoms with Crippen LogP contribution in [0, 0.1) is 6.92 Å². The first-order valence-electron chi connectivity index (χ1n) is 8.62. The van der Waals surface area contributed by atoms with Gasteiger partial charge in [-0.25, -0.2) is 18.4 Å². The predicted octanol–water partition coefficient (Wildman–Crippen LogP) is 3.60. The topological polar surface area (TPSA) is 93.6 Å². The molecule has 1 aromatic heterocycles. The van der Waals surface area contributed by atoms with E-state index in [0.717, 1.165) is 22.1 Å². The molecule has 1 unspecified atom stereocenters. The number of rotatable bonds is 5. The number of halogens is 1. The molecular weight excluding hydrogens is 400 g/mol. The largest absolute Gasteiger partial charge is 0.423 e. The van der Waals surface area contributed by atoms with Gasteiger partial charge in [0.05, 0.1) is 4.90 Å². The average molecular weight is 421 g/mol. The van der Waals surface area contributed by atoms with Gasteiger partial charge >= 0.3 is 5.63 Å². The molecule has 0 bridgehead atoms. The van der Waals surface area contributed by atoms with Crippen LogP contribution in [0.3, 0.4) is 0 Å². The summed E-state index contributed by atoms with van der Waals surface area (Å²) < 4.78 is 28.1. The number of nitrogens with two attached hydrogens (primary N) is 1. The van der Waals surface area contributed by atoms with Crippen molar-refractivity contribution in [1.29, 1.82) is 0 Å². The molecule has 0 fully saturated rings. The van der Waals surface area contributed by atoms with Crippen molar-refractivity contribution in [3.05, 3.63) is 74.6 Å². The third-order valence-corrected chi connectivity index (χ3v) is 6.22. The molecule has 0 aliphatic rings. The molecule has 0 saturated carbocycles. The molecule has 0 aliphatic heterocycles. The monoisotopic (exact) mass is 420 g/mol. The Bertz CT molecular complexity index is 1190. The first-order chi connectivity index (χ1) is 13.1. The van der Waals surface area contributed by atoms with Crippen molar-refractivity contribution >= 4 is 32.6 Å². The Kier molecular flexibility index (Phi) is 5.63. The van der Waals surface area contributed by atoms with Crippen LogP contribution in [0.15, 0.2) is 56.6 Å². The van der Waals surface area contributed by atoms with Crippen molar-refractivity contribution < 1.29 is 12.8 Å². The second kappa shape index (κ2) is 7.67. The normalized spacial score (nSPS) is 13.2. The Hall–Kier alpha value is -2.19. The van der Waals surface area contributed by atoms with E-state index in [-0.39, 0.29) is 10.9 Å². The lowest BCUT2D eigenvalue weighted by molar-refractivity contribution is 0.253. The Labute approximate surface area is 168 Å². The fraction of sp³-hybridized carbons (Fsp3) is 0.250. The third kappa shape index (κ3) is 4.28. The molecule has 0 radical (unpaired) electrons. The highest BCUT2D eigenvalue weighted by molar-refractivity contribution is 7.89. The minimum absolute atomic E-state index is 0.0299. The summed E-state index contributed by atoms with van der Waals surface area (Å²) in [6.45, 7) is 4.34. The number of benzene rings is 2. The third-order valence-electron chi connectivity index (χ3n) is 4.88. The van der Waals surface area contributed by atoms with E-state index in [0.29, 0.717) is 17.2 Å². The van der Waals surface area contributed by atoms with Crippen LogP contribution < -0.4 is 10.8 Å². The Balaban J connectivity index is 1.91. The summed E-state index contributed by atoms with van der Waals surface area (Å²) in [5.74, 6) is 0. The molecule has 28 heavy (non-hydrogen) atoms. The fourth-order valence-electron chi connectivity index (χ4n) is 3.08. The van der Waals surface area contributed by atoms with Gasteiger partial charge in [0.1, 0.15) is 5.58 Å². The number of nitrogens with zero attached hydrogens (tertiary/aromatic N) is 1. The molecule has 0 spiro atoms. The lowest BCUT2D eigenvalue weighted by Gasteiger charge is -2.25. The maximum Gasteiger partial charge on any atom is 0.336 e. The van der Waals surface area contributed by atoms with E-state index in [4.69, 9.17) is 21.2 Å². The van der Waals surface area contributed by atoms with Gasteiger partial charge in [-0.15, -0.1) is 0 Å². The maximum absolute atomic E-state index is 12.0. The summed E-state index contributed by atoms with van der Waals surface area (Å²) >= 11 is 6.25. The van der Waals surface area contributed by atoms with Crippen molar-refractivity contribution in [2.24, 2.45) is 5.14 Å². The van der Waals surface area contributed by atoms with Gasteiger partial charge < -0.3 is 4.42 Å². The van der Waals surface area contributed by atoms with Gasteiger partial charge in [-0.1, -0.05) is 23.7 Å². The highest BCUT2D eigenvalue weighted by atomic mass is 35.5. The van der Waals surface area contributed by atoms with Crippen LogP contribution in [0.1, 0.15) is 29.7 Å². The van der Waals surface area contributed by atoms with Crippen LogP contribution >= 0.6 is 11.6 Å². The molecule has 0 aliphatic carbocycles. The minimum atomic E-state index is -3.72. The van der Waals surface area contributed by atoms with Crippen LogP contribution in [0.4, 0.5) is 0 Å². The SMILES string of the molecule is Cc1cc2oc(=O)cc(CN(C)C(C)c3ccc(S(N)(=O)=O)cc3)c2cc1Cl. The van der Waals surface area contributed by atoms with Crippen molar-refractivity contribution in [2.45, 2.75) is 31.3 Å². The summed E-state index contributed by atoms with van der Waals surface area (Å²) in [5, 5.41) is 6.55. The molecule has 8 heteroatoms. The Morgan fingerprint density at radius 3 is 2.43 bits per heavy atom. The van der Waals surface area contributed by atoms with E-state index < -0.39 is 15.6 Å². The van der Waals surface area contributed by atoms with Gasteiger partial charge in [-0.3, -0.25) is 4.90 Å². The second-order valence-corrected chi connectivity index (χ2v) is 8.86. The van der Waals surface area contributed by atoms with E-state index in [1.165, 1.54) is 18.2 Å². The summed E-state index contributed by atoms with van der Waals surface area (Å²) in [6, 6.07) is 11.5.